The molecule has 0 spiro atoms. The number of rotatable bonds is 8. The van der Waals surface area contributed by atoms with Crippen molar-refractivity contribution in [3.05, 3.63) is 273 Å². The second kappa shape index (κ2) is 16.1. The van der Waals surface area contributed by atoms with Gasteiger partial charge in [0.15, 0.2) is 8.07 Å². The summed E-state index contributed by atoms with van der Waals surface area (Å²) in [5, 5.41) is 12.7. The van der Waals surface area contributed by atoms with Crippen molar-refractivity contribution in [1.82, 2.24) is 13.7 Å². The maximum atomic E-state index is 2.68. The fourth-order valence-corrected chi connectivity index (χ4v) is 17.0. The molecule has 0 atom stereocenters. The molecular formula is C66H45N3Si. The zero-order chi connectivity index (χ0) is 46.2. The summed E-state index contributed by atoms with van der Waals surface area (Å²) >= 11 is 0. The van der Waals surface area contributed by atoms with E-state index < -0.39 is 8.07 Å². The smallest absolute Gasteiger partial charge is 0.181 e. The molecule has 0 saturated carbocycles. The highest BCUT2D eigenvalue weighted by atomic mass is 28.3. The Hall–Kier alpha value is -8.96. The number of nitrogens with zero attached hydrogens (tertiary/aromatic N) is 3. The van der Waals surface area contributed by atoms with Crippen molar-refractivity contribution < 1.29 is 0 Å². The van der Waals surface area contributed by atoms with Crippen LogP contribution in [0, 0.1) is 0 Å². The summed E-state index contributed by atoms with van der Waals surface area (Å²) in [4.78, 5) is 0. The average molecular weight is 908 g/mol. The van der Waals surface area contributed by atoms with Crippen LogP contribution in [0.15, 0.2) is 273 Å². The Morgan fingerprint density at radius 1 is 0.229 bits per heavy atom. The molecule has 70 heavy (non-hydrogen) atoms. The molecule has 3 nitrogen and oxygen atoms in total. The molecule has 3 heterocycles. The number of aromatic nitrogens is 3. The van der Waals surface area contributed by atoms with E-state index in [1.54, 1.807) is 0 Å². The molecule has 3 aromatic heterocycles. The second-order valence-electron chi connectivity index (χ2n) is 18.3. The molecule has 14 aromatic rings. The Kier molecular flexibility index (Phi) is 9.23. The van der Waals surface area contributed by atoms with E-state index in [4.69, 9.17) is 0 Å². The van der Waals surface area contributed by atoms with Crippen LogP contribution < -0.4 is 20.7 Å². The van der Waals surface area contributed by atoms with Crippen LogP contribution in [-0.2, 0) is 0 Å². The van der Waals surface area contributed by atoms with Gasteiger partial charge in [-0.25, -0.2) is 0 Å². The van der Waals surface area contributed by atoms with Gasteiger partial charge in [-0.15, -0.1) is 0 Å². The highest BCUT2D eigenvalue weighted by molar-refractivity contribution is 7.20. The van der Waals surface area contributed by atoms with Crippen molar-refractivity contribution in [2.45, 2.75) is 0 Å². The minimum Gasteiger partial charge on any atom is -0.307 e. The number of benzene rings is 11. The first-order chi connectivity index (χ1) is 34.8. The molecule has 14 rings (SSSR count). The number of hydrogen-bond acceptors (Lipinski definition) is 0. The lowest BCUT2D eigenvalue weighted by Crippen LogP contribution is -2.75. The third-order valence-corrected chi connectivity index (χ3v) is 19.6. The van der Waals surface area contributed by atoms with Crippen LogP contribution in [0.4, 0.5) is 0 Å². The fraction of sp³-hybridized carbons (Fsp3) is 0. The Balaban J connectivity index is 1.23. The van der Waals surface area contributed by atoms with E-state index in [1.807, 2.05) is 0 Å². The van der Waals surface area contributed by atoms with Crippen molar-refractivity contribution in [2.75, 3.05) is 0 Å². The standard InChI is InChI=1S/C66H45N3Si/c1-5-24-46(25-6-1)50-32-13-17-39-57(50)68-60-42-20-16-35-53(60)54-36-21-44-62(64(54)68)69-65-55(37-22-43-61(65)67-58-40-18-14-33-51(58)52-34-15-19-41-59(52)67)56-38-23-45-63(66(56)69)70(47-26-7-2-8-27-47,48-28-9-3-10-29-48)49-30-11-4-12-31-49/h1-45H. The Bertz CT molecular complexity index is 4130. The summed E-state index contributed by atoms with van der Waals surface area (Å²) in [5.41, 5.74) is 12.8. The highest BCUT2D eigenvalue weighted by Crippen LogP contribution is 2.44. The lowest BCUT2D eigenvalue weighted by atomic mass is 10.0. The van der Waals surface area contributed by atoms with E-state index in [-0.39, 0.29) is 0 Å². The minimum atomic E-state index is -3.13. The first kappa shape index (κ1) is 40.1. The molecule has 0 radical (unpaired) electrons. The summed E-state index contributed by atoms with van der Waals surface area (Å²) in [6.45, 7) is 0. The van der Waals surface area contributed by atoms with Gasteiger partial charge in [0.2, 0.25) is 0 Å². The van der Waals surface area contributed by atoms with Gasteiger partial charge in [0.25, 0.3) is 0 Å². The normalized spacial score (nSPS) is 12.0. The summed E-state index contributed by atoms with van der Waals surface area (Å²) in [6.07, 6.45) is 0. The van der Waals surface area contributed by atoms with Gasteiger partial charge < -0.3 is 13.7 Å². The van der Waals surface area contributed by atoms with Gasteiger partial charge in [-0.3, -0.25) is 0 Å². The largest absolute Gasteiger partial charge is 0.307 e. The minimum absolute atomic E-state index is 1.12. The topological polar surface area (TPSA) is 14.8 Å². The lowest BCUT2D eigenvalue weighted by Gasteiger charge is -2.35. The Labute approximate surface area is 407 Å². The van der Waals surface area contributed by atoms with Gasteiger partial charge in [-0.1, -0.05) is 237 Å². The number of fused-ring (bicyclic) bond motifs is 9. The molecule has 0 amide bonds. The van der Waals surface area contributed by atoms with Gasteiger partial charge in [0.1, 0.15) is 0 Å². The van der Waals surface area contributed by atoms with Crippen LogP contribution in [-0.4, -0.2) is 21.8 Å². The molecule has 4 heteroatoms. The zero-order valence-corrected chi connectivity index (χ0v) is 39.3. The monoisotopic (exact) mass is 907 g/mol. The number of hydrogen-bond donors (Lipinski definition) is 0. The summed E-state index contributed by atoms with van der Waals surface area (Å²) in [5.74, 6) is 0. The molecule has 0 saturated heterocycles. The van der Waals surface area contributed by atoms with Crippen molar-refractivity contribution >= 4 is 94.2 Å². The van der Waals surface area contributed by atoms with E-state index in [9.17, 15) is 0 Å². The summed E-state index contributed by atoms with van der Waals surface area (Å²) in [6, 6.07) is 102. The molecule has 0 bridgehead atoms. The fourth-order valence-electron chi connectivity index (χ4n) is 12.0. The predicted octanol–water partition coefficient (Wildman–Crippen LogP) is 14.0. The summed E-state index contributed by atoms with van der Waals surface area (Å²) in [7, 11) is -3.13. The maximum absolute atomic E-state index is 3.13. The van der Waals surface area contributed by atoms with Crippen LogP contribution in [0.2, 0.25) is 0 Å². The van der Waals surface area contributed by atoms with E-state index in [2.05, 4.69) is 287 Å². The molecule has 11 aromatic carbocycles. The quantitative estimate of drug-likeness (QED) is 0.107. The SMILES string of the molecule is c1ccc(-c2ccccc2-n2c3ccccc3c3cccc(-n4c5c(-n6c7ccccc7c7ccccc76)cccc5c5cccc([Si](c6ccccc6)(c6ccccc6)c6ccccc6)c54)c32)cc1. The molecule has 328 valence electrons. The molecular weight excluding hydrogens is 863 g/mol. The molecule has 0 aliphatic carbocycles. The van der Waals surface area contributed by atoms with Crippen molar-refractivity contribution in [2.24, 2.45) is 0 Å². The molecule has 0 fully saturated rings. The molecule has 0 aliphatic heterocycles. The van der Waals surface area contributed by atoms with Gasteiger partial charge in [0.05, 0.1) is 50.2 Å². The van der Waals surface area contributed by atoms with E-state index in [0.717, 1.165) is 28.1 Å². The first-order valence-corrected chi connectivity index (χ1v) is 26.2. The van der Waals surface area contributed by atoms with Gasteiger partial charge >= 0.3 is 0 Å². The average Bonchev–Trinajstić information content (AvgIpc) is 4.09. The molecule has 0 N–H and O–H groups in total. The zero-order valence-electron chi connectivity index (χ0n) is 38.3. The Morgan fingerprint density at radius 2 is 0.586 bits per heavy atom. The number of para-hydroxylation sites is 7. The summed E-state index contributed by atoms with van der Waals surface area (Å²) < 4.78 is 7.74. The van der Waals surface area contributed by atoms with Crippen LogP contribution in [0.5, 0.6) is 0 Å². The Morgan fingerprint density at radius 3 is 1.14 bits per heavy atom. The first-order valence-electron chi connectivity index (χ1n) is 24.2. The van der Waals surface area contributed by atoms with Crippen molar-refractivity contribution in [3.63, 3.8) is 0 Å². The predicted molar refractivity (Wildman–Crippen MR) is 299 cm³/mol. The van der Waals surface area contributed by atoms with Crippen LogP contribution >= 0.6 is 0 Å². The highest BCUT2D eigenvalue weighted by Gasteiger charge is 2.44. The van der Waals surface area contributed by atoms with E-state index >= 15 is 0 Å². The maximum Gasteiger partial charge on any atom is 0.181 e. The van der Waals surface area contributed by atoms with Gasteiger partial charge in [-0.05, 0) is 62.7 Å². The van der Waals surface area contributed by atoms with E-state index in [1.165, 1.54) is 86.3 Å². The van der Waals surface area contributed by atoms with E-state index in [0.29, 0.717) is 0 Å². The third kappa shape index (κ3) is 5.81. The van der Waals surface area contributed by atoms with Crippen molar-refractivity contribution in [1.29, 1.82) is 0 Å². The van der Waals surface area contributed by atoms with Crippen LogP contribution in [0.1, 0.15) is 0 Å². The van der Waals surface area contributed by atoms with Crippen LogP contribution in [0.25, 0.3) is 93.6 Å². The molecule has 0 unspecified atom stereocenters. The van der Waals surface area contributed by atoms with Gasteiger partial charge in [0, 0.05) is 37.9 Å². The third-order valence-electron chi connectivity index (χ3n) is 14.8. The lowest BCUT2D eigenvalue weighted by molar-refractivity contribution is 1.11. The van der Waals surface area contributed by atoms with Crippen LogP contribution in [0.3, 0.4) is 0 Å². The van der Waals surface area contributed by atoms with Gasteiger partial charge in [-0.2, -0.15) is 0 Å². The molecule has 0 aliphatic rings. The second-order valence-corrected chi connectivity index (χ2v) is 22.1. The van der Waals surface area contributed by atoms with Crippen molar-refractivity contribution in [3.8, 4) is 28.2 Å².